The number of carbonyl (C=O) groups excluding carboxylic acids is 1. The van der Waals surface area contributed by atoms with Crippen LogP contribution in [-0.2, 0) is 9.53 Å². The van der Waals surface area contributed by atoms with E-state index >= 15 is 0 Å². The van der Waals surface area contributed by atoms with E-state index < -0.39 is 0 Å². The van der Waals surface area contributed by atoms with E-state index in [0.29, 0.717) is 16.9 Å². The second-order valence-electron chi connectivity index (χ2n) is 6.21. The van der Waals surface area contributed by atoms with Crippen LogP contribution in [0.1, 0.15) is 39.5 Å². The fourth-order valence-corrected chi connectivity index (χ4v) is 4.07. The second-order valence-corrected chi connectivity index (χ2v) is 6.21. The molecule has 0 aromatic rings. The topological polar surface area (TPSA) is 26.3 Å². The molecule has 1 saturated heterocycles. The monoisotopic (exact) mass is 232 g/mol. The van der Waals surface area contributed by atoms with Crippen LogP contribution in [0.4, 0.5) is 0 Å². The lowest BCUT2D eigenvalue weighted by atomic mass is 9.57. The van der Waals surface area contributed by atoms with Gasteiger partial charge in [-0.25, -0.2) is 4.79 Å². The highest BCUT2D eigenvalue weighted by Gasteiger charge is 2.51. The van der Waals surface area contributed by atoms with Crippen LogP contribution in [-0.4, -0.2) is 12.1 Å². The number of hydrogen-bond donors (Lipinski definition) is 0. The Morgan fingerprint density at radius 3 is 3.06 bits per heavy atom. The molecule has 0 N–H and O–H groups in total. The van der Waals surface area contributed by atoms with Crippen molar-refractivity contribution in [3.63, 3.8) is 0 Å². The normalized spacial score (nSPS) is 44.8. The Balaban J connectivity index is 1.93. The Labute approximate surface area is 103 Å². The predicted octanol–water partition coefficient (Wildman–Crippen LogP) is 3.24. The van der Waals surface area contributed by atoms with E-state index in [2.05, 4.69) is 26.5 Å². The first-order chi connectivity index (χ1) is 8.01. The standard InChI is InChI=1S/C15H20O2/c1-9-5-4-6-15(3)8-13-11(7-12(9)15)10(2)14(16)17-13/h5,11-13H,2,4,6-8H2,1,3H3/t11-,12+,13-,15-/m0/s1. The summed E-state index contributed by atoms with van der Waals surface area (Å²) in [5.74, 6) is 0.717. The minimum atomic E-state index is -0.163. The van der Waals surface area contributed by atoms with Crippen molar-refractivity contribution in [2.75, 3.05) is 0 Å². The van der Waals surface area contributed by atoms with Gasteiger partial charge in [0.1, 0.15) is 6.10 Å². The molecule has 92 valence electrons. The van der Waals surface area contributed by atoms with Crippen LogP contribution < -0.4 is 0 Å². The van der Waals surface area contributed by atoms with Crippen molar-refractivity contribution < 1.29 is 9.53 Å². The summed E-state index contributed by atoms with van der Waals surface area (Å²) in [7, 11) is 0. The molecule has 4 atom stereocenters. The highest BCUT2D eigenvalue weighted by Crippen LogP contribution is 2.55. The van der Waals surface area contributed by atoms with Gasteiger partial charge in [-0.05, 0) is 43.9 Å². The van der Waals surface area contributed by atoms with Crippen LogP contribution in [0.5, 0.6) is 0 Å². The molecule has 3 aliphatic rings. The zero-order valence-corrected chi connectivity index (χ0v) is 10.7. The highest BCUT2D eigenvalue weighted by atomic mass is 16.6. The summed E-state index contributed by atoms with van der Waals surface area (Å²) in [6, 6.07) is 0. The van der Waals surface area contributed by atoms with Gasteiger partial charge in [-0.1, -0.05) is 25.2 Å². The lowest BCUT2D eigenvalue weighted by Gasteiger charge is -2.48. The first-order valence-electron chi connectivity index (χ1n) is 6.58. The van der Waals surface area contributed by atoms with Crippen molar-refractivity contribution >= 4 is 5.97 Å². The molecule has 0 aromatic carbocycles. The van der Waals surface area contributed by atoms with E-state index in [1.165, 1.54) is 18.4 Å². The van der Waals surface area contributed by atoms with E-state index in [1.807, 2.05) is 0 Å². The number of fused-ring (bicyclic) bond motifs is 2. The number of carbonyl (C=O) groups is 1. The van der Waals surface area contributed by atoms with E-state index in [1.54, 1.807) is 0 Å². The summed E-state index contributed by atoms with van der Waals surface area (Å²) in [6.07, 6.45) is 6.93. The summed E-state index contributed by atoms with van der Waals surface area (Å²) in [5.41, 5.74) is 2.53. The van der Waals surface area contributed by atoms with Crippen LogP contribution in [0.25, 0.3) is 0 Å². The van der Waals surface area contributed by atoms with Gasteiger partial charge in [0.2, 0.25) is 0 Å². The van der Waals surface area contributed by atoms with E-state index in [9.17, 15) is 4.79 Å². The average Bonchev–Trinajstić information content (AvgIpc) is 2.52. The molecule has 1 heterocycles. The fourth-order valence-electron chi connectivity index (χ4n) is 4.07. The highest BCUT2D eigenvalue weighted by molar-refractivity contribution is 5.90. The Morgan fingerprint density at radius 2 is 2.29 bits per heavy atom. The van der Waals surface area contributed by atoms with Gasteiger partial charge in [0, 0.05) is 11.5 Å². The quantitative estimate of drug-likeness (QED) is 0.364. The smallest absolute Gasteiger partial charge is 0.334 e. The van der Waals surface area contributed by atoms with Crippen molar-refractivity contribution in [2.24, 2.45) is 17.3 Å². The summed E-state index contributed by atoms with van der Waals surface area (Å²) in [5, 5.41) is 0. The fraction of sp³-hybridized carbons (Fsp3) is 0.667. The number of rotatable bonds is 0. The van der Waals surface area contributed by atoms with Crippen molar-refractivity contribution in [3.8, 4) is 0 Å². The molecule has 1 saturated carbocycles. The van der Waals surface area contributed by atoms with Crippen LogP contribution >= 0.6 is 0 Å². The van der Waals surface area contributed by atoms with Crippen molar-refractivity contribution in [3.05, 3.63) is 23.8 Å². The number of hydrogen-bond acceptors (Lipinski definition) is 2. The van der Waals surface area contributed by atoms with Gasteiger partial charge < -0.3 is 4.74 Å². The number of ether oxygens (including phenoxy) is 1. The van der Waals surface area contributed by atoms with Gasteiger partial charge in [-0.15, -0.1) is 0 Å². The summed E-state index contributed by atoms with van der Waals surface area (Å²) in [6.45, 7) is 8.51. The molecule has 0 spiro atoms. The third-order valence-electron chi connectivity index (χ3n) is 5.15. The Bertz CT molecular complexity index is 421. The molecule has 0 aromatic heterocycles. The average molecular weight is 232 g/mol. The van der Waals surface area contributed by atoms with Crippen molar-refractivity contribution in [1.29, 1.82) is 0 Å². The summed E-state index contributed by atoms with van der Waals surface area (Å²) >= 11 is 0. The zero-order chi connectivity index (χ0) is 12.2. The lowest BCUT2D eigenvalue weighted by Crippen LogP contribution is -2.42. The third-order valence-corrected chi connectivity index (χ3v) is 5.15. The largest absolute Gasteiger partial charge is 0.458 e. The van der Waals surface area contributed by atoms with Gasteiger partial charge >= 0.3 is 5.97 Å². The Morgan fingerprint density at radius 1 is 1.53 bits per heavy atom. The first-order valence-corrected chi connectivity index (χ1v) is 6.58. The minimum Gasteiger partial charge on any atom is -0.458 e. The third kappa shape index (κ3) is 1.50. The van der Waals surface area contributed by atoms with Crippen molar-refractivity contribution in [1.82, 2.24) is 0 Å². The first kappa shape index (κ1) is 11.1. The minimum absolute atomic E-state index is 0.0992. The maximum atomic E-state index is 11.6. The van der Waals surface area contributed by atoms with Crippen LogP contribution in [0.3, 0.4) is 0 Å². The maximum absolute atomic E-state index is 11.6. The van der Waals surface area contributed by atoms with Gasteiger partial charge in [0.15, 0.2) is 0 Å². The summed E-state index contributed by atoms with van der Waals surface area (Å²) in [4.78, 5) is 11.6. The molecule has 1 aliphatic heterocycles. The predicted molar refractivity (Wildman–Crippen MR) is 66.3 cm³/mol. The zero-order valence-electron chi connectivity index (χ0n) is 10.7. The lowest BCUT2D eigenvalue weighted by molar-refractivity contribution is -0.142. The number of esters is 1. The molecule has 0 amide bonds. The van der Waals surface area contributed by atoms with Gasteiger partial charge in [-0.2, -0.15) is 0 Å². The van der Waals surface area contributed by atoms with Crippen LogP contribution in [0.15, 0.2) is 23.8 Å². The molecule has 0 radical (unpaired) electrons. The summed E-state index contributed by atoms with van der Waals surface area (Å²) < 4.78 is 5.47. The maximum Gasteiger partial charge on any atom is 0.334 e. The molecule has 2 heteroatoms. The Hall–Kier alpha value is -1.05. The van der Waals surface area contributed by atoms with E-state index in [4.69, 9.17) is 4.74 Å². The molecular weight excluding hydrogens is 212 g/mol. The van der Waals surface area contributed by atoms with E-state index in [0.717, 1.165) is 12.8 Å². The van der Waals surface area contributed by atoms with Gasteiger partial charge in [-0.3, -0.25) is 0 Å². The molecule has 2 nitrogen and oxygen atoms in total. The van der Waals surface area contributed by atoms with Gasteiger partial charge in [0.25, 0.3) is 0 Å². The second kappa shape index (κ2) is 3.47. The molecule has 3 rings (SSSR count). The van der Waals surface area contributed by atoms with Gasteiger partial charge in [0.05, 0.1) is 0 Å². The molecular formula is C15H20O2. The number of allylic oxidation sites excluding steroid dienone is 2. The molecule has 0 unspecified atom stereocenters. The van der Waals surface area contributed by atoms with Crippen molar-refractivity contribution in [2.45, 2.75) is 45.6 Å². The molecule has 2 fully saturated rings. The van der Waals surface area contributed by atoms with E-state index in [-0.39, 0.29) is 18.0 Å². The molecule has 17 heavy (non-hydrogen) atoms. The van der Waals surface area contributed by atoms with Crippen LogP contribution in [0, 0.1) is 17.3 Å². The SMILES string of the molecule is C=C1C(=O)O[C@H]2C[C@]3(C)CCC=C(C)[C@H]3C[C@@H]12. The Kier molecular flexibility index (Phi) is 2.26. The molecule has 0 bridgehead atoms. The van der Waals surface area contributed by atoms with Crippen LogP contribution in [0.2, 0.25) is 0 Å². The molecule has 2 aliphatic carbocycles.